The summed E-state index contributed by atoms with van der Waals surface area (Å²) in [6.07, 6.45) is 0.0452. The average molecular weight is 301 g/mol. The molecule has 1 aliphatic heterocycles. The Bertz CT molecular complexity index is 579. The molecule has 6 heteroatoms. The van der Waals surface area contributed by atoms with E-state index >= 15 is 0 Å². The van der Waals surface area contributed by atoms with Crippen LogP contribution in [0.4, 0.5) is 0 Å². The lowest BCUT2D eigenvalue weighted by Gasteiger charge is -2.24. The van der Waals surface area contributed by atoms with E-state index in [-0.39, 0.29) is 6.10 Å². The minimum absolute atomic E-state index is 0.0452. The van der Waals surface area contributed by atoms with Crippen LogP contribution in [0.3, 0.4) is 0 Å². The molecule has 0 saturated carbocycles. The van der Waals surface area contributed by atoms with Gasteiger partial charge in [0, 0.05) is 5.02 Å². The van der Waals surface area contributed by atoms with Gasteiger partial charge in [-0.25, -0.2) is 4.98 Å². The Kier molecular flexibility index (Phi) is 3.93. The van der Waals surface area contributed by atoms with Crippen LogP contribution >= 0.6 is 23.2 Å². The highest BCUT2D eigenvalue weighted by Gasteiger charge is 2.18. The molecule has 0 spiro atoms. The van der Waals surface area contributed by atoms with Gasteiger partial charge in [0.05, 0.1) is 49.4 Å². The molecule has 1 atom stereocenters. The maximum atomic E-state index is 5.99. The molecule has 0 bridgehead atoms. The van der Waals surface area contributed by atoms with Crippen molar-refractivity contribution < 1.29 is 9.47 Å². The topological polar surface area (TPSA) is 36.3 Å². The molecule has 3 rings (SSSR count). The number of imidazole rings is 1. The van der Waals surface area contributed by atoms with Crippen LogP contribution in [0.2, 0.25) is 5.02 Å². The second-order valence-electron chi connectivity index (χ2n) is 4.47. The fourth-order valence-electron chi connectivity index (χ4n) is 2.30. The van der Waals surface area contributed by atoms with Gasteiger partial charge in [-0.3, -0.25) is 0 Å². The van der Waals surface area contributed by atoms with Crippen molar-refractivity contribution in [3.63, 3.8) is 0 Å². The highest BCUT2D eigenvalue weighted by Crippen LogP contribution is 2.22. The van der Waals surface area contributed by atoms with Crippen LogP contribution in [0.1, 0.15) is 5.82 Å². The molecule has 4 nitrogen and oxygen atoms in total. The van der Waals surface area contributed by atoms with Crippen molar-refractivity contribution in [2.24, 2.45) is 0 Å². The van der Waals surface area contributed by atoms with E-state index in [2.05, 4.69) is 9.55 Å². The van der Waals surface area contributed by atoms with Crippen LogP contribution in [-0.2, 0) is 21.9 Å². The quantitative estimate of drug-likeness (QED) is 0.818. The first kappa shape index (κ1) is 13.2. The smallest absolute Gasteiger partial charge is 0.124 e. The fourth-order valence-corrected chi connectivity index (χ4v) is 2.67. The van der Waals surface area contributed by atoms with Crippen LogP contribution in [0.5, 0.6) is 0 Å². The first-order valence-electron chi connectivity index (χ1n) is 6.18. The van der Waals surface area contributed by atoms with Gasteiger partial charge in [0.25, 0.3) is 0 Å². The monoisotopic (exact) mass is 300 g/mol. The van der Waals surface area contributed by atoms with Crippen LogP contribution in [0.15, 0.2) is 18.2 Å². The molecule has 0 N–H and O–H groups in total. The molecule has 1 aliphatic rings. The molecule has 1 unspecified atom stereocenters. The number of ether oxygens (including phenoxy) is 2. The van der Waals surface area contributed by atoms with Crippen molar-refractivity contribution in [2.45, 2.75) is 18.5 Å². The number of aromatic nitrogens is 2. The summed E-state index contributed by atoms with van der Waals surface area (Å²) >= 11 is 12.0. The van der Waals surface area contributed by atoms with Crippen molar-refractivity contribution in [1.29, 1.82) is 0 Å². The number of benzene rings is 1. The number of halogens is 2. The highest BCUT2D eigenvalue weighted by atomic mass is 35.5. The third-order valence-corrected chi connectivity index (χ3v) is 3.65. The fraction of sp³-hybridized carbons (Fsp3) is 0.462. The van der Waals surface area contributed by atoms with Crippen molar-refractivity contribution in [1.82, 2.24) is 9.55 Å². The van der Waals surface area contributed by atoms with E-state index in [4.69, 9.17) is 32.7 Å². The number of fused-ring (bicyclic) bond motifs is 1. The zero-order chi connectivity index (χ0) is 13.2. The lowest BCUT2D eigenvalue weighted by Crippen LogP contribution is -2.32. The Labute approximate surface area is 121 Å². The Morgan fingerprint density at radius 2 is 2.26 bits per heavy atom. The molecular weight excluding hydrogens is 287 g/mol. The highest BCUT2D eigenvalue weighted by molar-refractivity contribution is 6.31. The lowest BCUT2D eigenvalue weighted by molar-refractivity contribution is -0.0934. The minimum atomic E-state index is 0.0452. The largest absolute Gasteiger partial charge is 0.376 e. The van der Waals surface area contributed by atoms with E-state index in [1.54, 1.807) is 0 Å². The zero-order valence-electron chi connectivity index (χ0n) is 10.3. The summed E-state index contributed by atoms with van der Waals surface area (Å²) in [4.78, 5) is 4.51. The summed E-state index contributed by atoms with van der Waals surface area (Å²) in [6, 6.07) is 5.67. The zero-order valence-corrected chi connectivity index (χ0v) is 11.8. The SMILES string of the molecule is ClCc1nc2cc(Cl)ccc2n1CC1COCCO1. The Morgan fingerprint density at radius 1 is 1.37 bits per heavy atom. The van der Waals surface area contributed by atoms with Gasteiger partial charge >= 0.3 is 0 Å². The molecule has 0 radical (unpaired) electrons. The predicted octanol–water partition coefficient (Wildman–Crippen LogP) is 2.84. The normalized spacial score (nSPS) is 20.0. The van der Waals surface area contributed by atoms with Gasteiger partial charge in [-0.1, -0.05) is 11.6 Å². The second-order valence-corrected chi connectivity index (χ2v) is 5.18. The summed E-state index contributed by atoms with van der Waals surface area (Å²) in [5.41, 5.74) is 1.88. The van der Waals surface area contributed by atoms with Crippen molar-refractivity contribution in [3.8, 4) is 0 Å². The third kappa shape index (κ3) is 2.72. The Hall–Kier alpha value is -0.810. The van der Waals surface area contributed by atoms with Crippen molar-refractivity contribution in [3.05, 3.63) is 29.0 Å². The van der Waals surface area contributed by atoms with E-state index in [1.165, 1.54) is 0 Å². The molecular formula is C13H14Cl2N2O2. The van der Waals surface area contributed by atoms with Crippen LogP contribution in [0, 0.1) is 0 Å². The molecule has 2 heterocycles. The molecule has 19 heavy (non-hydrogen) atoms. The number of hydrogen-bond donors (Lipinski definition) is 0. The second kappa shape index (κ2) is 5.67. The number of hydrogen-bond acceptors (Lipinski definition) is 3. The average Bonchev–Trinajstić information content (AvgIpc) is 2.77. The summed E-state index contributed by atoms with van der Waals surface area (Å²) in [7, 11) is 0. The van der Waals surface area contributed by atoms with E-state index in [9.17, 15) is 0 Å². The summed E-state index contributed by atoms with van der Waals surface area (Å²) in [6.45, 7) is 2.60. The minimum Gasteiger partial charge on any atom is -0.376 e. The lowest BCUT2D eigenvalue weighted by atomic mass is 10.3. The van der Waals surface area contributed by atoms with Gasteiger partial charge in [0.1, 0.15) is 5.82 Å². The van der Waals surface area contributed by atoms with Crippen LogP contribution < -0.4 is 0 Å². The van der Waals surface area contributed by atoms with E-state index in [1.807, 2.05) is 18.2 Å². The molecule has 1 saturated heterocycles. The molecule has 1 fully saturated rings. The van der Waals surface area contributed by atoms with Crippen molar-refractivity contribution >= 4 is 34.2 Å². The first-order chi connectivity index (χ1) is 9.28. The molecule has 2 aromatic rings. The Balaban J connectivity index is 1.95. The number of nitrogens with zero attached hydrogens (tertiary/aromatic N) is 2. The van der Waals surface area contributed by atoms with Gasteiger partial charge < -0.3 is 14.0 Å². The van der Waals surface area contributed by atoms with Crippen LogP contribution in [-0.4, -0.2) is 35.5 Å². The van der Waals surface area contributed by atoms with Gasteiger partial charge in [-0.15, -0.1) is 11.6 Å². The number of rotatable bonds is 3. The maximum Gasteiger partial charge on any atom is 0.124 e. The maximum absolute atomic E-state index is 5.99. The van der Waals surface area contributed by atoms with Gasteiger partial charge in [-0.05, 0) is 18.2 Å². The summed E-state index contributed by atoms with van der Waals surface area (Å²) in [5.74, 6) is 1.19. The predicted molar refractivity (Wildman–Crippen MR) is 74.9 cm³/mol. The van der Waals surface area contributed by atoms with Gasteiger partial charge in [0.15, 0.2) is 0 Å². The third-order valence-electron chi connectivity index (χ3n) is 3.18. The molecule has 0 aliphatic carbocycles. The van der Waals surface area contributed by atoms with Crippen molar-refractivity contribution in [2.75, 3.05) is 19.8 Å². The Morgan fingerprint density at radius 3 is 3.00 bits per heavy atom. The standard InChI is InChI=1S/C13H14Cl2N2O2/c14-6-13-16-11-5-9(15)1-2-12(11)17(13)7-10-8-18-3-4-19-10/h1-2,5,10H,3-4,6-8H2. The number of alkyl halides is 1. The van der Waals surface area contributed by atoms with Gasteiger partial charge in [-0.2, -0.15) is 0 Å². The summed E-state index contributed by atoms with van der Waals surface area (Å²) in [5, 5.41) is 0.676. The van der Waals surface area contributed by atoms with Crippen LogP contribution in [0.25, 0.3) is 11.0 Å². The molecule has 1 aromatic carbocycles. The summed E-state index contributed by atoms with van der Waals surface area (Å²) < 4.78 is 13.2. The van der Waals surface area contributed by atoms with Gasteiger partial charge in [0.2, 0.25) is 0 Å². The van der Waals surface area contributed by atoms with E-state index < -0.39 is 0 Å². The van der Waals surface area contributed by atoms with E-state index in [0.717, 1.165) is 16.9 Å². The van der Waals surface area contributed by atoms with E-state index in [0.29, 0.717) is 37.3 Å². The molecule has 1 aromatic heterocycles. The molecule has 0 amide bonds. The molecule has 102 valence electrons. The first-order valence-corrected chi connectivity index (χ1v) is 7.09.